The molecular weight excluding hydrogens is 380 g/mol. The second kappa shape index (κ2) is 6.74. The summed E-state index contributed by atoms with van der Waals surface area (Å²) in [7, 11) is -2.39. The minimum absolute atomic E-state index is 0.0825. The lowest BCUT2D eigenvalue weighted by Gasteiger charge is -2.28. The smallest absolute Gasteiger partial charge is 0.348 e. The maximum Gasteiger partial charge on any atom is 0.348 e. The van der Waals surface area contributed by atoms with E-state index in [0.717, 1.165) is 30.7 Å². The third-order valence-corrected chi connectivity index (χ3v) is 7.03. The van der Waals surface area contributed by atoms with Crippen LogP contribution in [0.3, 0.4) is 0 Å². The number of thiophene rings is 1. The summed E-state index contributed by atoms with van der Waals surface area (Å²) >= 11 is 4.25. The van der Waals surface area contributed by atoms with Gasteiger partial charge < -0.3 is 10.1 Å². The van der Waals surface area contributed by atoms with Gasteiger partial charge >= 0.3 is 5.97 Å². The molecule has 21 heavy (non-hydrogen) atoms. The quantitative estimate of drug-likeness (QED) is 0.756. The number of methoxy groups -OCH3 is 1. The Balaban J connectivity index is 2.19. The minimum atomic E-state index is -3.66. The Bertz CT molecular complexity index is 629. The summed E-state index contributed by atoms with van der Waals surface area (Å²) in [6.45, 7) is 2.81. The Labute approximate surface area is 136 Å². The molecule has 1 aliphatic rings. The standard InChI is InChI=1S/C12H17BrN2O4S2/c1-7-5-8(3-4-14-7)15-21(17,18)10-6-9(12(16)19-2)20-11(10)13/h6-8,14-15H,3-5H2,1-2H3. The van der Waals surface area contributed by atoms with Gasteiger partial charge in [0.1, 0.15) is 9.77 Å². The van der Waals surface area contributed by atoms with Crippen molar-refractivity contribution >= 4 is 43.3 Å². The van der Waals surface area contributed by atoms with Crippen molar-refractivity contribution in [2.45, 2.75) is 36.7 Å². The van der Waals surface area contributed by atoms with Gasteiger partial charge in [-0.2, -0.15) is 0 Å². The summed E-state index contributed by atoms with van der Waals surface area (Å²) in [6, 6.07) is 1.52. The van der Waals surface area contributed by atoms with Crippen LogP contribution in [0.25, 0.3) is 0 Å². The van der Waals surface area contributed by atoms with Crippen molar-refractivity contribution in [3.05, 3.63) is 14.7 Å². The van der Waals surface area contributed by atoms with Crippen LogP contribution in [0.1, 0.15) is 29.4 Å². The third-order valence-electron chi connectivity index (χ3n) is 3.28. The van der Waals surface area contributed by atoms with E-state index in [1.165, 1.54) is 13.2 Å². The summed E-state index contributed by atoms with van der Waals surface area (Å²) in [5.74, 6) is -0.544. The number of rotatable bonds is 4. The number of hydrogen-bond acceptors (Lipinski definition) is 6. The van der Waals surface area contributed by atoms with Crippen LogP contribution in [0, 0.1) is 0 Å². The van der Waals surface area contributed by atoms with E-state index in [0.29, 0.717) is 3.79 Å². The molecule has 0 aromatic carbocycles. The Morgan fingerprint density at radius 3 is 2.90 bits per heavy atom. The maximum atomic E-state index is 12.4. The molecule has 2 unspecified atom stereocenters. The van der Waals surface area contributed by atoms with E-state index in [1.807, 2.05) is 6.92 Å². The van der Waals surface area contributed by atoms with Crippen LogP contribution in [0.15, 0.2) is 14.7 Å². The van der Waals surface area contributed by atoms with E-state index in [-0.39, 0.29) is 21.9 Å². The topological polar surface area (TPSA) is 84.5 Å². The van der Waals surface area contributed by atoms with E-state index in [1.54, 1.807) is 0 Å². The molecule has 2 heterocycles. The number of carbonyl (C=O) groups excluding carboxylic acids is 1. The van der Waals surface area contributed by atoms with Crippen molar-refractivity contribution in [1.29, 1.82) is 0 Å². The van der Waals surface area contributed by atoms with Crippen molar-refractivity contribution in [3.63, 3.8) is 0 Å². The molecule has 0 amide bonds. The lowest BCUT2D eigenvalue weighted by molar-refractivity contribution is 0.0606. The Hall–Kier alpha value is -0.480. The average Bonchev–Trinajstić information content (AvgIpc) is 2.80. The van der Waals surface area contributed by atoms with E-state index in [2.05, 4.69) is 30.7 Å². The van der Waals surface area contributed by atoms with Crippen LogP contribution in [0.5, 0.6) is 0 Å². The summed E-state index contributed by atoms with van der Waals surface area (Å²) < 4.78 is 32.6. The van der Waals surface area contributed by atoms with Gasteiger partial charge in [-0.1, -0.05) is 0 Å². The lowest BCUT2D eigenvalue weighted by atomic mass is 10.0. The number of ether oxygens (including phenoxy) is 1. The van der Waals surface area contributed by atoms with Gasteiger partial charge in [-0.15, -0.1) is 11.3 Å². The monoisotopic (exact) mass is 396 g/mol. The molecule has 1 aromatic heterocycles. The molecule has 1 fully saturated rings. The van der Waals surface area contributed by atoms with Crippen molar-refractivity contribution in [2.24, 2.45) is 0 Å². The SMILES string of the molecule is COC(=O)c1cc(S(=O)(=O)NC2CCNC(C)C2)c(Br)s1. The number of piperidine rings is 1. The van der Waals surface area contributed by atoms with Crippen LogP contribution in [-0.2, 0) is 14.8 Å². The average molecular weight is 397 g/mol. The Morgan fingerprint density at radius 2 is 2.29 bits per heavy atom. The van der Waals surface area contributed by atoms with Crippen LogP contribution in [-0.4, -0.2) is 40.1 Å². The Kier molecular flexibility index (Phi) is 5.42. The van der Waals surface area contributed by atoms with E-state index < -0.39 is 16.0 Å². The zero-order chi connectivity index (χ0) is 15.6. The highest BCUT2D eigenvalue weighted by Crippen LogP contribution is 2.32. The number of halogens is 1. The summed E-state index contributed by atoms with van der Waals surface area (Å²) in [5.41, 5.74) is 0. The maximum absolute atomic E-state index is 12.4. The van der Waals surface area contributed by atoms with E-state index >= 15 is 0 Å². The highest BCUT2D eigenvalue weighted by Gasteiger charge is 2.28. The predicted molar refractivity (Wildman–Crippen MR) is 84.2 cm³/mol. The lowest BCUT2D eigenvalue weighted by Crippen LogP contribution is -2.46. The van der Waals surface area contributed by atoms with Gasteiger partial charge in [0, 0.05) is 12.1 Å². The molecule has 2 rings (SSSR count). The van der Waals surface area contributed by atoms with Gasteiger partial charge in [0.15, 0.2) is 0 Å². The molecule has 1 aliphatic heterocycles. The van der Waals surface area contributed by atoms with Crippen molar-refractivity contribution in [1.82, 2.24) is 10.0 Å². The molecule has 9 heteroatoms. The Morgan fingerprint density at radius 1 is 1.57 bits per heavy atom. The largest absolute Gasteiger partial charge is 0.465 e. The number of esters is 1. The first kappa shape index (κ1) is 16.9. The molecule has 0 saturated carbocycles. The first-order chi connectivity index (χ1) is 9.83. The fraction of sp³-hybridized carbons (Fsp3) is 0.583. The van der Waals surface area contributed by atoms with Crippen molar-refractivity contribution in [3.8, 4) is 0 Å². The first-order valence-electron chi connectivity index (χ1n) is 6.47. The normalized spacial score (nSPS) is 23.0. The van der Waals surface area contributed by atoms with Gasteiger partial charge in [-0.25, -0.2) is 17.9 Å². The van der Waals surface area contributed by atoms with Crippen LogP contribution in [0.4, 0.5) is 0 Å². The fourth-order valence-corrected chi connectivity index (χ4v) is 6.02. The number of sulfonamides is 1. The molecule has 0 radical (unpaired) electrons. The second-order valence-corrected chi connectivity index (χ2v) is 8.99. The molecule has 1 saturated heterocycles. The predicted octanol–water partition coefficient (Wildman–Crippen LogP) is 1.72. The first-order valence-corrected chi connectivity index (χ1v) is 9.56. The zero-order valence-electron chi connectivity index (χ0n) is 11.7. The summed E-state index contributed by atoms with van der Waals surface area (Å²) in [4.78, 5) is 11.8. The van der Waals surface area contributed by atoms with Gasteiger partial charge in [0.05, 0.1) is 10.9 Å². The number of nitrogens with one attached hydrogen (secondary N) is 2. The highest BCUT2D eigenvalue weighted by atomic mass is 79.9. The molecule has 0 spiro atoms. The third kappa shape index (κ3) is 4.04. The molecule has 0 bridgehead atoms. The number of carbonyl (C=O) groups is 1. The van der Waals surface area contributed by atoms with E-state index in [4.69, 9.17) is 0 Å². The molecule has 6 nitrogen and oxygen atoms in total. The molecular formula is C12H17BrN2O4S2. The summed E-state index contributed by atoms with van der Waals surface area (Å²) in [6.07, 6.45) is 1.49. The minimum Gasteiger partial charge on any atom is -0.465 e. The van der Waals surface area contributed by atoms with Crippen molar-refractivity contribution in [2.75, 3.05) is 13.7 Å². The van der Waals surface area contributed by atoms with Gasteiger partial charge in [-0.05, 0) is 48.3 Å². The molecule has 118 valence electrons. The van der Waals surface area contributed by atoms with Gasteiger partial charge in [-0.3, -0.25) is 0 Å². The zero-order valence-corrected chi connectivity index (χ0v) is 14.9. The van der Waals surface area contributed by atoms with E-state index in [9.17, 15) is 13.2 Å². The van der Waals surface area contributed by atoms with Crippen LogP contribution in [0.2, 0.25) is 0 Å². The van der Waals surface area contributed by atoms with Gasteiger partial charge in [0.25, 0.3) is 0 Å². The molecule has 2 N–H and O–H groups in total. The molecule has 1 aromatic rings. The van der Waals surface area contributed by atoms with Gasteiger partial charge in [0.2, 0.25) is 10.0 Å². The number of hydrogen-bond donors (Lipinski definition) is 2. The van der Waals surface area contributed by atoms with Crippen LogP contribution >= 0.6 is 27.3 Å². The molecule has 0 aliphatic carbocycles. The molecule has 2 atom stereocenters. The fourth-order valence-electron chi connectivity index (χ4n) is 2.26. The summed E-state index contributed by atoms with van der Waals surface area (Å²) in [5, 5.41) is 3.27. The second-order valence-electron chi connectivity index (χ2n) is 4.94. The van der Waals surface area contributed by atoms with Crippen LogP contribution < -0.4 is 10.0 Å². The van der Waals surface area contributed by atoms with Crippen molar-refractivity contribution < 1.29 is 17.9 Å². The highest BCUT2D eigenvalue weighted by molar-refractivity contribution is 9.11.